The maximum absolute atomic E-state index is 4.63. The van der Waals surface area contributed by atoms with Crippen LogP contribution in [0.1, 0.15) is 5.56 Å². The Hall–Kier alpha value is -3.54. The third-order valence-corrected chi connectivity index (χ3v) is 4.35. The number of aryl methyl sites for hydroxylation is 1. The summed E-state index contributed by atoms with van der Waals surface area (Å²) in [4.78, 5) is 4.63. The molecule has 2 aromatic carbocycles. The van der Waals surface area contributed by atoms with Crippen LogP contribution in [-0.4, -0.2) is 29.4 Å². The fourth-order valence-electron chi connectivity index (χ4n) is 3.08. The first-order chi connectivity index (χ1) is 12.3. The summed E-state index contributed by atoms with van der Waals surface area (Å²) in [5, 5.41) is 14.1. The summed E-state index contributed by atoms with van der Waals surface area (Å²) in [5.74, 6) is 0.772. The van der Waals surface area contributed by atoms with E-state index in [-0.39, 0.29) is 0 Å². The van der Waals surface area contributed by atoms with E-state index in [2.05, 4.69) is 33.3 Å². The van der Waals surface area contributed by atoms with Crippen LogP contribution < -0.4 is 0 Å². The highest BCUT2D eigenvalue weighted by atomic mass is 15.3. The Morgan fingerprint density at radius 1 is 0.840 bits per heavy atom. The lowest BCUT2D eigenvalue weighted by Gasteiger charge is -2.06. The van der Waals surface area contributed by atoms with Crippen molar-refractivity contribution in [3.8, 4) is 17.1 Å². The molecule has 0 aliphatic heterocycles. The molecule has 0 radical (unpaired) electrons. The second-order valence-electron chi connectivity index (χ2n) is 5.91. The standard InChI is InChI=1S/C19H14N6/c1-13-7-5-6-10-16(13)25-18-15(11-21-25)19-23-22-17(24(19)12-20-18)14-8-3-2-4-9-14/h2-12H,1H3. The molecule has 0 amide bonds. The number of rotatable bonds is 2. The molecule has 0 bridgehead atoms. The van der Waals surface area contributed by atoms with Crippen molar-refractivity contribution in [1.29, 1.82) is 0 Å². The molecule has 3 heterocycles. The highest BCUT2D eigenvalue weighted by Crippen LogP contribution is 2.24. The third kappa shape index (κ3) is 2.04. The largest absolute Gasteiger partial charge is 0.265 e. The second kappa shape index (κ2) is 5.24. The predicted octanol–water partition coefficient (Wildman–Crippen LogP) is 3.44. The van der Waals surface area contributed by atoms with Crippen molar-refractivity contribution in [3.05, 3.63) is 72.7 Å². The second-order valence-corrected chi connectivity index (χ2v) is 5.91. The van der Waals surface area contributed by atoms with Gasteiger partial charge in [0, 0.05) is 5.56 Å². The Labute approximate surface area is 143 Å². The molecule has 0 aliphatic rings. The average Bonchev–Trinajstić information content (AvgIpc) is 3.26. The van der Waals surface area contributed by atoms with Gasteiger partial charge in [-0.15, -0.1) is 10.2 Å². The first kappa shape index (κ1) is 13.9. The van der Waals surface area contributed by atoms with Crippen LogP contribution in [0.3, 0.4) is 0 Å². The maximum Gasteiger partial charge on any atom is 0.175 e. The lowest BCUT2D eigenvalue weighted by Crippen LogP contribution is -2.00. The molecule has 5 rings (SSSR count). The molecule has 0 unspecified atom stereocenters. The van der Waals surface area contributed by atoms with E-state index in [9.17, 15) is 0 Å². The molecular weight excluding hydrogens is 312 g/mol. The lowest BCUT2D eigenvalue weighted by atomic mass is 10.2. The molecule has 5 aromatic rings. The summed E-state index contributed by atoms with van der Waals surface area (Å²) < 4.78 is 3.75. The number of nitrogens with zero attached hydrogens (tertiary/aromatic N) is 6. The lowest BCUT2D eigenvalue weighted by molar-refractivity contribution is 0.886. The van der Waals surface area contributed by atoms with Gasteiger partial charge in [0.25, 0.3) is 0 Å². The normalized spacial score (nSPS) is 11.4. The summed E-state index contributed by atoms with van der Waals surface area (Å²) in [5.41, 5.74) is 4.68. The fraction of sp³-hybridized carbons (Fsp3) is 0.0526. The van der Waals surface area contributed by atoms with Crippen LogP contribution in [0.25, 0.3) is 33.8 Å². The van der Waals surface area contributed by atoms with Gasteiger partial charge in [0.15, 0.2) is 17.1 Å². The van der Waals surface area contributed by atoms with E-state index < -0.39 is 0 Å². The summed E-state index contributed by atoms with van der Waals surface area (Å²) in [6.07, 6.45) is 3.56. The Bertz CT molecular complexity index is 1200. The van der Waals surface area contributed by atoms with Crippen LogP contribution in [0.15, 0.2) is 67.1 Å². The summed E-state index contributed by atoms with van der Waals surface area (Å²) in [7, 11) is 0. The van der Waals surface area contributed by atoms with Crippen LogP contribution >= 0.6 is 0 Å². The Morgan fingerprint density at radius 2 is 1.64 bits per heavy atom. The van der Waals surface area contributed by atoms with Gasteiger partial charge in [0.1, 0.15) is 6.33 Å². The Balaban J connectivity index is 1.76. The third-order valence-electron chi connectivity index (χ3n) is 4.35. The minimum absolute atomic E-state index is 0.753. The maximum atomic E-state index is 4.63. The quantitative estimate of drug-likeness (QED) is 0.498. The van der Waals surface area contributed by atoms with Crippen LogP contribution in [-0.2, 0) is 0 Å². The van der Waals surface area contributed by atoms with E-state index in [1.165, 1.54) is 0 Å². The highest BCUT2D eigenvalue weighted by Gasteiger charge is 2.15. The number of benzene rings is 2. The minimum Gasteiger partial charge on any atom is -0.265 e. The number of para-hydroxylation sites is 1. The van der Waals surface area contributed by atoms with Crippen molar-refractivity contribution in [2.45, 2.75) is 6.92 Å². The van der Waals surface area contributed by atoms with Crippen molar-refractivity contribution < 1.29 is 0 Å². The van der Waals surface area contributed by atoms with Gasteiger partial charge in [-0.25, -0.2) is 9.67 Å². The van der Waals surface area contributed by atoms with Crippen molar-refractivity contribution >= 4 is 16.7 Å². The molecule has 120 valence electrons. The van der Waals surface area contributed by atoms with Gasteiger partial charge in [0.2, 0.25) is 0 Å². The number of fused-ring (bicyclic) bond motifs is 3. The Morgan fingerprint density at radius 3 is 2.48 bits per heavy atom. The van der Waals surface area contributed by atoms with Crippen LogP contribution in [0.4, 0.5) is 0 Å². The van der Waals surface area contributed by atoms with Gasteiger partial charge in [-0.3, -0.25) is 4.40 Å². The van der Waals surface area contributed by atoms with Gasteiger partial charge < -0.3 is 0 Å². The predicted molar refractivity (Wildman–Crippen MR) is 95.6 cm³/mol. The minimum atomic E-state index is 0.753. The molecule has 0 aliphatic carbocycles. The Kier molecular flexibility index (Phi) is 2.90. The number of hydrogen-bond donors (Lipinski definition) is 0. The topological polar surface area (TPSA) is 60.9 Å². The van der Waals surface area contributed by atoms with Gasteiger partial charge in [-0.2, -0.15) is 5.10 Å². The van der Waals surface area contributed by atoms with E-state index in [4.69, 9.17) is 0 Å². The van der Waals surface area contributed by atoms with Gasteiger partial charge in [-0.05, 0) is 18.6 Å². The van der Waals surface area contributed by atoms with Crippen LogP contribution in [0.2, 0.25) is 0 Å². The fourth-order valence-corrected chi connectivity index (χ4v) is 3.08. The van der Waals surface area contributed by atoms with E-state index in [0.717, 1.165) is 39.3 Å². The number of hydrogen-bond acceptors (Lipinski definition) is 4. The summed E-state index contributed by atoms with van der Waals surface area (Å²) in [6.45, 7) is 2.06. The molecular formula is C19H14N6. The van der Waals surface area contributed by atoms with Crippen molar-refractivity contribution in [2.75, 3.05) is 0 Å². The molecule has 0 fully saturated rings. The van der Waals surface area contributed by atoms with E-state index in [1.807, 2.05) is 57.6 Å². The van der Waals surface area contributed by atoms with Crippen LogP contribution in [0, 0.1) is 6.92 Å². The molecule has 0 N–H and O–H groups in total. The zero-order valence-corrected chi connectivity index (χ0v) is 13.5. The van der Waals surface area contributed by atoms with E-state index in [0.29, 0.717) is 0 Å². The van der Waals surface area contributed by atoms with E-state index >= 15 is 0 Å². The van der Waals surface area contributed by atoms with Crippen molar-refractivity contribution in [1.82, 2.24) is 29.4 Å². The molecule has 25 heavy (non-hydrogen) atoms. The molecule has 6 heteroatoms. The summed E-state index contributed by atoms with van der Waals surface area (Å²) >= 11 is 0. The van der Waals surface area contributed by atoms with Gasteiger partial charge >= 0.3 is 0 Å². The molecule has 0 saturated carbocycles. The first-order valence-corrected chi connectivity index (χ1v) is 8.02. The molecule has 0 spiro atoms. The monoisotopic (exact) mass is 326 g/mol. The van der Waals surface area contributed by atoms with Crippen molar-refractivity contribution in [2.24, 2.45) is 0 Å². The average molecular weight is 326 g/mol. The van der Waals surface area contributed by atoms with Crippen LogP contribution in [0.5, 0.6) is 0 Å². The molecule has 0 saturated heterocycles. The van der Waals surface area contributed by atoms with Gasteiger partial charge in [-0.1, -0.05) is 48.5 Å². The zero-order chi connectivity index (χ0) is 16.8. The number of aromatic nitrogens is 6. The molecule has 3 aromatic heterocycles. The first-order valence-electron chi connectivity index (χ1n) is 8.02. The molecule has 0 atom stereocenters. The summed E-state index contributed by atoms with van der Waals surface area (Å²) in [6, 6.07) is 18.1. The molecule has 6 nitrogen and oxygen atoms in total. The van der Waals surface area contributed by atoms with E-state index in [1.54, 1.807) is 12.5 Å². The zero-order valence-electron chi connectivity index (χ0n) is 13.5. The highest BCUT2D eigenvalue weighted by molar-refractivity contribution is 5.90. The van der Waals surface area contributed by atoms with Gasteiger partial charge in [0.05, 0.1) is 17.3 Å². The SMILES string of the molecule is Cc1ccccc1-n1ncc2c1ncn1c(-c3ccccc3)nnc21. The smallest absolute Gasteiger partial charge is 0.175 e. The van der Waals surface area contributed by atoms with Crippen molar-refractivity contribution in [3.63, 3.8) is 0 Å².